The predicted molar refractivity (Wildman–Crippen MR) is 222 cm³/mol. The zero-order chi connectivity index (χ0) is 44.1. The lowest BCUT2D eigenvalue weighted by atomic mass is 10.0. The fourth-order valence-electron chi connectivity index (χ4n) is 6.92. The molecule has 0 radical (unpaired) electrons. The van der Waals surface area contributed by atoms with Crippen molar-refractivity contribution in [2.75, 3.05) is 13.1 Å². The smallest absolute Gasteiger partial charge is 0.419 e. The van der Waals surface area contributed by atoms with E-state index in [1.165, 1.54) is 49.0 Å². The maximum atomic E-state index is 12.8. The Morgan fingerprint density at radius 1 is 0.683 bits per heavy atom. The van der Waals surface area contributed by atoms with Crippen LogP contribution in [0.3, 0.4) is 0 Å². The summed E-state index contributed by atoms with van der Waals surface area (Å²) in [6.07, 6.45) is 6.54. The Bertz CT molecular complexity index is 2060. The normalized spacial score (nSPS) is 20.2. The van der Waals surface area contributed by atoms with Gasteiger partial charge in [-0.05, 0) is 72.8 Å². The van der Waals surface area contributed by atoms with Crippen LogP contribution in [0.15, 0.2) is 55.4 Å². The number of hydrogen-bond donors (Lipinski definition) is 3. The van der Waals surface area contributed by atoms with Crippen molar-refractivity contribution >= 4 is 36.1 Å². The van der Waals surface area contributed by atoms with Crippen LogP contribution in [0.2, 0.25) is 0 Å². The van der Waals surface area contributed by atoms with E-state index in [0.29, 0.717) is 55.2 Å². The quantitative estimate of drug-likeness (QED) is 0.174. The summed E-state index contributed by atoms with van der Waals surface area (Å²) in [5.74, 6) is -0.882. The molecular formula is C41H60N10O12. The van der Waals surface area contributed by atoms with Crippen LogP contribution in [0.25, 0.3) is 0 Å². The molecule has 4 aliphatic heterocycles. The van der Waals surface area contributed by atoms with E-state index in [9.17, 15) is 34.0 Å². The number of nitrogens with one attached hydrogen (secondary N) is 2. The number of nitrogens with zero attached hydrogens (tertiary/aromatic N) is 8. The Labute approximate surface area is 366 Å². The number of ether oxygens (including phenoxy) is 2. The van der Waals surface area contributed by atoms with Gasteiger partial charge in [-0.1, -0.05) is 45.2 Å². The molecule has 3 aromatic rings. The van der Waals surface area contributed by atoms with Gasteiger partial charge in [0.05, 0.1) is 23.5 Å². The number of amides is 6. The van der Waals surface area contributed by atoms with Crippen LogP contribution in [0.5, 0.6) is 0 Å². The highest BCUT2D eigenvalue weighted by atomic mass is 16.7. The Morgan fingerprint density at radius 2 is 1.14 bits per heavy atom. The Kier molecular flexibility index (Phi) is 16.4. The van der Waals surface area contributed by atoms with E-state index in [-0.39, 0.29) is 52.8 Å². The van der Waals surface area contributed by atoms with E-state index < -0.39 is 53.3 Å². The van der Waals surface area contributed by atoms with Gasteiger partial charge < -0.3 is 19.3 Å². The topological polar surface area (TPSA) is 241 Å². The average molecular weight is 885 g/mol. The lowest BCUT2D eigenvalue weighted by Crippen LogP contribution is -2.49. The van der Waals surface area contributed by atoms with Crippen LogP contribution in [-0.4, -0.2) is 129 Å². The Hall–Kier alpha value is -6.10. The standard InChI is InChI=1S/C23H29N5O6.C16H23N5O6.2CH4/c1-23(2,3)34-22(31)26-11-17(24-15-26)14-32-25-20(29)19-10-9-18-12-27(19)21(30)28(18)33-13-16-7-5-4-6-8-16;1-16(2,3)27-15(24)19-6-10(17-9-19)8-26-18-13(22)12-5-4-11-7-20(12)14(23)21(11)25;;/h4-8,11,15,18-19H,9-10,12-14H2,1-3H3,(H,25,29);6,9,11-12,25H,4-5,7-8H2,1-3H3,(H,18,22);2*1H4/t18-,19+;11-,12+;;/m11../s1. The van der Waals surface area contributed by atoms with Crippen LogP contribution < -0.4 is 11.0 Å². The van der Waals surface area contributed by atoms with E-state index in [0.717, 1.165) is 5.56 Å². The van der Waals surface area contributed by atoms with Crippen molar-refractivity contribution in [3.63, 3.8) is 0 Å². The molecule has 22 nitrogen and oxygen atoms in total. The summed E-state index contributed by atoms with van der Waals surface area (Å²) in [7, 11) is 0. The van der Waals surface area contributed by atoms with Gasteiger partial charge in [-0.3, -0.25) is 29.3 Å². The van der Waals surface area contributed by atoms with Crippen molar-refractivity contribution in [2.45, 2.75) is 137 Å². The summed E-state index contributed by atoms with van der Waals surface area (Å²) in [5, 5.41) is 11.7. The number of urea groups is 2. The van der Waals surface area contributed by atoms with Crippen LogP contribution in [0.4, 0.5) is 19.2 Å². The molecule has 4 atom stereocenters. The third kappa shape index (κ3) is 12.7. The number of piperidine rings is 2. The number of hydrogen-bond acceptors (Lipinski definition) is 14. The molecule has 0 spiro atoms. The monoisotopic (exact) mass is 884 g/mol. The zero-order valence-electron chi connectivity index (χ0n) is 34.9. The molecule has 6 amide bonds. The maximum absolute atomic E-state index is 12.8. The molecule has 4 bridgehead atoms. The number of carbonyl (C=O) groups is 6. The third-order valence-corrected chi connectivity index (χ3v) is 9.75. The zero-order valence-corrected chi connectivity index (χ0v) is 34.9. The number of aromatic nitrogens is 4. The highest BCUT2D eigenvalue weighted by Gasteiger charge is 2.48. The van der Waals surface area contributed by atoms with E-state index in [4.69, 9.17) is 24.0 Å². The molecule has 6 heterocycles. The number of benzene rings is 1. The number of rotatable bonds is 11. The lowest BCUT2D eigenvalue weighted by Gasteiger charge is -2.28. The van der Waals surface area contributed by atoms with Crippen LogP contribution >= 0.6 is 0 Å². The van der Waals surface area contributed by atoms with Gasteiger partial charge in [0.1, 0.15) is 55.8 Å². The minimum absolute atomic E-state index is 0. The molecule has 3 N–H and O–H groups in total. The largest absolute Gasteiger partial charge is 0.443 e. The second-order valence-electron chi connectivity index (χ2n) is 16.8. The Balaban J connectivity index is 0.000000275. The fraction of sp³-hybridized carbons (Fsp3) is 0.561. The van der Waals surface area contributed by atoms with E-state index in [1.54, 1.807) is 41.5 Å². The van der Waals surface area contributed by atoms with Gasteiger partial charge in [-0.15, -0.1) is 0 Å². The lowest BCUT2D eigenvalue weighted by molar-refractivity contribution is -0.141. The van der Waals surface area contributed by atoms with E-state index in [2.05, 4.69) is 20.9 Å². The summed E-state index contributed by atoms with van der Waals surface area (Å²) in [6, 6.07) is 7.01. The minimum atomic E-state index is -0.690. The molecule has 4 aliphatic rings. The highest BCUT2D eigenvalue weighted by Crippen LogP contribution is 2.31. The molecule has 22 heteroatoms. The number of carbonyl (C=O) groups excluding carboxylic acids is 6. The number of hydroxylamine groups is 6. The summed E-state index contributed by atoms with van der Waals surface area (Å²) in [4.78, 5) is 101. The fourth-order valence-corrected chi connectivity index (χ4v) is 6.92. The van der Waals surface area contributed by atoms with Crippen LogP contribution in [0, 0.1) is 0 Å². The first-order valence-corrected chi connectivity index (χ1v) is 19.8. The molecular weight excluding hydrogens is 825 g/mol. The molecule has 63 heavy (non-hydrogen) atoms. The summed E-state index contributed by atoms with van der Waals surface area (Å²) < 4.78 is 12.9. The second kappa shape index (κ2) is 20.8. The predicted octanol–water partition coefficient (Wildman–Crippen LogP) is 4.76. The van der Waals surface area contributed by atoms with Gasteiger partial charge >= 0.3 is 24.2 Å². The van der Waals surface area contributed by atoms with Gasteiger partial charge in [-0.2, -0.15) is 5.06 Å². The average Bonchev–Trinajstić information content (AvgIpc) is 3.98. The third-order valence-electron chi connectivity index (χ3n) is 9.75. The van der Waals surface area contributed by atoms with Crippen LogP contribution in [-0.2, 0) is 53.4 Å². The van der Waals surface area contributed by atoms with E-state index in [1.807, 2.05) is 30.3 Å². The molecule has 0 saturated carbocycles. The molecule has 346 valence electrons. The van der Waals surface area contributed by atoms with Crippen molar-refractivity contribution in [3.8, 4) is 0 Å². The molecule has 4 fully saturated rings. The molecule has 0 aliphatic carbocycles. The maximum Gasteiger partial charge on any atom is 0.419 e. The van der Waals surface area contributed by atoms with Gasteiger partial charge in [-0.25, -0.2) is 54.3 Å². The Morgan fingerprint density at radius 3 is 1.63 bits per heavy atom. The second-order valence-corrected chi connectivity index (χ2v) is 16.8. The SMILES string of the molecule is C.C.CC(C)(C)OC(=O)n1cnc(CONC(=O)[C@@H]2CC[C@@H]3CN2C(=O)N3O)c1.CC(C)(C)OC(=O)n1cnc(CONC(=O)[C@@H]2CC[C@@H]3CN2C(=O)N3OCc2ccccc2)c1. The minimum Gasteiger partial charge on any atom is -0.443 e. The molecule has 4 saturated heterocycles. The van der Waals surface area contributed by atoms with Crippen molar-refractivity contribution < 1.29 is 58.0 Å². The van der Waals surface area contributed by atoms with Crippen molar-refractivity contribution in [1.29, 1.82) is 0 Å². The molecule has 7 rings (SSSR count). The number of imidazole rings is 2. The molecule has 1 aromatic carbocycles. The molecule has 2 aromatic heterocycles. The summed E-state index contributed by atoms with van der Waals surface area (Å²) in [6.45, 7) is 11.5. The van der Waals surface area contributed by atoms with Gasteiger partial charge in [0.25, 0.3) is 11.8 Å². The van der Waals surface area contributed by atoms with Gasteiger partial charge in [0.15, 0.2) is 0 Å². The van der Waals surface area contributed by atoms with Crippen molar-refractivity contribution in [1.82, 2.24) is 50.0 Å². The van der Waals surface area contributed by atoms with E-state index >= 15 is 0 Å². The summed E-state index contributed by atoms with van der Waals surface area (Å²) in [5.41, 5.74) is 5.27. The summed E-state index contributed by atoms with van der Waals surface area (Å²) >= 11 is 0. The van der Waals surface area contributed by atoms with Crippen molar-refractivity contribution in [3.05, 3.63) is 72.3 Å². The number of fused-ring (bicyclic) bond motifs is 4. The first-order chi connectivity index (χ1) is 28.9. The molecule has 0 unspecified atom stereocenters. The van der Waals surface area contributed by atoms with Gasteiger partial charge in [0, 0.05) is 25.5 Å². The highest BCUT2D eigenvalue weighted by molar-refractivity contribution is 5.88. The van der Waals surface area contributed by atoms with Crippen molar-refractivity contribution in [2.24, 2.45) is 0 Å². The van der Waals surface area contributed by atoms with Crippen LogP contribution in [0.1, 0.15) is 99.0 Å². The first kappa shape index (κ1) is 49.6. The van der Waals surface area contributed by atoms with Gasteiger partial charge in [0.2, 0.25) is 0 Å². The first-order valence-electron chi connectivity index (χ1n) is 19.8.